The summed E-state index contributed by atoms with van der Waals surface area (Å²) < 4.78 is 0. The Morgan fingerprint density at radius 2 is 2.00 bits per heavy atom. The molecule has 0 heterocycles. The molecule has 78 valence electrons. The van der Waals surface area contributed by atoms with Crippen LogP contribution in [0.2, 0.25) is 0 Å². The molecular formula is C13H26. The fourth-order valence-electron chi connectivity index (χ4n) is 3.08. The third-order valence-corrected chi connectivity index (χ3v) is 4.13. The van der Waals surface area contributed by atoms with Crippen LogP contribution in [-0.2, 0) is 0 Å². The maximum atomic E-state index is 2.54. The molecule has 0 aliphatic heterocycles. The molecule has 0 aromatic rings. The second-order valence-electron chi connectivity index (χ2n) is 5.11. The van der Waals surface area contributed by atoms with Crippen molar-refractivity contribution >= 4 is 0 Å². The van der Waals surface area contributed by atoms with E-state index in [1.54, 1.807) is 0 Å². The number of hydrogen-bond donors (Lipinski definition) is 0. The van der Waals surface area contributed by atoms with E-state index in [-0.39, 0.29) is 0 Å². The van der Waals surface area contributed by atoms with Crippen LogP contribution >= 0.6 is 0 Å². The van der Waals surface area contributed by atoms with Gasteiger partial charge in [0.2, 0.25) is 0 Å². The van der Waals surface area contributed by atoms with Gasteiger partial charge in [-0.15, -0.1) is 0 Å². The van der Waals surface area contributed by atoms with Gasteiger partial charge in [-0.05, 0) is 30.6 Å². The highest BCUT2D eigenvalue weighted by atomic mass is 14.4. The molecule has 0 saturated heterocycles. The summed E-state index contributed by atoms with van der Waals surface area (Å²) in [4.78, 5) is 0. The summed E-state index contributed by atoms with van der Waals surface area (Å²) >= 11 is 0. The van der Waals surface area contributed by atoms with E-state index in [0.717, 1.165) is 5.92 Å². The molecule has 2 atom stereocenters. The Hall–Kier alpha value is 0. The van der Waals surface area contributed by atoms with Crippen LogP contribution in [0.4, 0.5) is 0 Å². The standard InChI is InChI=1S/C13H26/c1-4-6-10-13(3)11-8-7-9-12(13)5-2/h12H,4-11H2,1-3H3. The van der Waals surface area contributed by atoms with Gasteiger partial charge in [0, 0.05) is 0 Å². The summed E-state index contributed by atoms with van der Waals surface area (Å²) in [5.74, 6) is 1.02. The van der Waals surface area contributed by atoms with E-state index in [4.69, 9.17) is 0 Å². The maximum Gasteiger partial charge on any atom is -0.0298 e. The summed E-state index contributed by atoms with van der Waals surface area (Å²) in [7, 11) is 0. The zero-order chi connectivity index (χ0) is 9.73. The fourth-order valence-corrected chi connectivity index (χ4v) is 3.08. The molecule has 0 radical (unpaired) electrons. The van der Waals surface area contributed by atoms with Gasteiger partial charge in [-0.3, -0.25) is 0 Å². The van der Waals surface area contributed by atoms with Crippen molar-refractivity contribution in [1.29, 1.82) is 0 Å². The first-order valence-corrected chi connectivity index (χ1v) is 6.23. The van der Waals surface area contributed by atoms with E-state index in [1.807, 2.05) is 0 Å². The minimum Gasteiger partial charge on any atom is -0.0654 e. The predicted molar refractivity (Wildman–Crippen MR) is 59.9 cm³/mol. The smallest absolute Gasteiger partial charge is 0.0298 e. The van der Waals surface area contributed by atoms with Crippen LogP contribution in [0, 0.1) is 11.3 Å². The van der Waals surface area contributed by atoms with Crippen LogP contribution in [0.15, 0.2) is 0 Å². The van der Waals surface area contributed by atoms with Crippen molar-refractivity contribution in [2.24, 2.45) is 11.3 Å². The van der Waals surface area contributed by atoms with E-state index >= 15 is 0 Å². The van der Waals surface area contributed by atoms with E-state index in [2.05, 4.69) is 20.8 Å². The summed E-state index contributed by atoms with van der Waals surface area (Å²) in [6.07, 6.45) is 11.6. The molecule has 0 N–H and O–H groups in total. The van der Waals surface area contributed by atoms with Crippen molar-refractivity contribution in [3.8, 4) is 0 Å². The van der Waals surface area contributed by atoms with Gasteiger partial charge >= 0.3 is 0 Å². The molecule has 13 heavy (non-hydrogen) atoms. The largest absolute Gasteiger partial charge is 0.0654 e. The lowest BCUT2D eigenvalue weighted by Crippen LogP contribution is -2.30. The van der Waals surface area contributed by atoms with Gasteiger partial charge in [-0.2, -0.15) is 0 Å². The first kappa shape index (κ1) is 11.1. The van der Waals surface area contributed by atoms with E-state index in [1.165, 1.54) is 51.4 Å². The van der Waals surface area contributed by atoms with Crippen LogP contribution in [0.3, 0.4) is 0 Å². The second-order valence-corrected chi connectivity index (χ2v) is 5.11. The monoisotopic (exact) mass is 182 g/mol. The molecule has 1 saturated carbocycles. The van der Waals surface area contributed by atoms with Crippen LogP contribution in [-0.4, -0.2) is 0 Å². The molecule has 0 spiro atoms. The number of unbranched alkanes of at least 4 members (excludes halogenated alkanes) is 1. The molecule has 1 aliphatic carbocycles. The third-order valence-electron chi connectivity index (χ3n) is 4.13. The van der Waals surface area contributed by atoms with E-state index in [9.17, 15) is 0 Å². The highest BCUT2D eigenvalue weighted by Crippen LogP contribution is 2.46. The molecular weight excluding hydrogens is 156 g/mol. The molecule has 1 rings (SSSR count). The van der Waals surface area contributed by atoms with Crippen LogP contribution in [0.25, 0.3) is 0 Å². The summed E-state index contributed by atoms with van der Waals surface area (Å²) in [5, 5.41) is 0. The lowest BCUT2D eigenvalue weighted by Gasteiger charge is -2.41. The van der Waals surface area contributed by atoms with Gasteiger partial charge in [0.25, 0.3) is 0 Å². The SMILES string of the molecule is CCCCC1(C)CCCCC1CC. The average molecular weight is 182 g/mol. The minimum absolute atomic E-state index is 0.697. The van der Waals surface area contributed by atoms with Crippen LogP contribution in [0.1, 0.15) is 72.1 Å². The van der Waals surface area contributed by atoms with E-state index < -0.39 is 0 Å². The Bertz CT molecular complexity index is 139. The Labute approximate surface area is 84.1 Å². The summed E-state index contributed by atoms with van der Waals surface area (Å²) in [5.41, 5.74) is 0.697. The lowest BCUT2D eigenvalue weighted by molar-refractivity contribution is 0.0974. The van der Waals surface area contributed by atoms with Gasteiger partial charge in [-0.25, -0.2) is 0 Å². The average Bonchev–Trinajstić information content (AvgIpc) is 2.16. The Morgan fingerprint density at radius 1 is 1.23 bits per heavy atom. The van der Waals surface area contributed by atoms with Crippen molar-refractivity contribution < 1.29 is 0 Å². The molecule has 0 aromatic carbocycles. The molecule has 0 aromatic heterocycles. The van der Waals surface area contributed by atoms with Crippen molar-refractivity contribution in [3.05, 3.63) is 0 Å². The predicted octanol–water partition coefficient (Wildman–Crippen LogP) is 4.78. The van der Waals surface area contributed by atoms with Gasteiger partial charge in [0.15, 0.2) is 0 Å². The van der Waals surface area contributed by atoms with E-state index in [0.29, 0.717) is 5.41 Å². The van der Waals surface area contributed by atoms with Crippen LogP contribution in [0.5, 0.6) is 0 Å². The molecule has 2 unspecified atom stereocenters. The zero-order valence-corrected chi connectivity index (χ0v) is 9.73. The topological polar surface area (TPSA) is 0 Å². The molecule has 1 aliphatic rings. The molecule has 1 fully saturated rings. The van der Waals surface area contributed by atoms with Gasteiger partial charge in [0.05, 0.1) is 0 Å². The number of hydrogen-bond acceptors (Lipinski definition) is 0. The zero-order valence-electron chi connectivity index (χ0n) is 9.73. The highest BCUT2D eigenvalue weighted by Gasteiger charge is 2.34. The molecule has 0 amide bonds. The first-order valence-electron chi connectivity index (χ1n) is 6.23. The van der Waals surface area contributed by atoms with Crippen molar-refractivity contribution in [3.63, 3.8) is 0 Å². The Kier molecular flexibility index (Phi) is 4.28. The molecule has 0 nitrogen and oxygen atoms in total. The Morgan fingerprint density at radius 3 is 2.62 bits per heavy atom. The number of rotatable bonds is 4. The third kappa shape index (κ3) is 2.72. The van der Waals surface area contributed by atoms with Crippen molar-refractivity contribution in [2.75, 3.05) is 0 Å². The van der Waals surface area contributed by atoms with Gasteiger partial charge in [-0.1, -0.05) is 52.9 Å². The van der Waals surface area contributed by atoms with Crippen molar-refractivity contribution in [2.45, 2.75) is 72.1 Å². The van der Waals surface area contributed by atoms with Gasteiger partial charge in [0.1, 0.15) is 0 Å². The minimum atomic E-state index is 0.697. The van der Waals surface area contributed by atoms with Crippen LogP contribution < -0.4 is 0 Å². The van der Waals surface area contributed by atoms with Crippen molar-refractivity contribution in [1.82, 2.24) is 0 Å². The highest BCUT2D eigenvalue weighted by molar-refractivity contribution is 4.85. The lowest BCUT2D eigenvalue weighted by atomic mass is 9.64. The molecule has 0 bridgehead atoms. The Balaban J connectivity index is 2.49. The quantitative estimate of drug-likeness (QED) is 0.587. The maximum absolute atomic E-state index is 2.54. The molecule has 0 heteroatoms. The second kappa shape index (κ2) is 5.02. The normalized spacial score (nSPS) is 34.8. The fraction of sp³-hybridized carbons (Fsp3) is 1.00. The first-order chi connectivity index (χ1) is 6.23. The summed E-state index contributed by atoms with van der Waals surface area (Å²) in [6.45, 7) is 7.23. The summed E-state index contributed by atoms with van der Waals surface area (Å²) in [6, 6.07) is 0. The van der Waals surface area contributed by atoms with Gasteiger partial charge < -0.3 is 0 Å².